The van der Waals surface area contributed by atoms with Crippen LogP contribution in [0.15, 0.2) is 41.1 Å². The van der Waals surface area contributed by atoms with Crippen LogP contribution in [0.3, 0.4) is 0 Å². The molecule has 0 atom stereocenters. The Labute approximate surface area is 151 Å². The van der Waals surface area contributed by atoms with Crippen molar-refractivity contribution in [1.29, 1.82) is 0 Å². The lowest BCUT2D eigenvalue weighted by Crippen LogP contribution is -2.47. The highest BCUT2D eigenvalue weighted by Crippen LogP contribution is 2.18. The maximum atomic E-state index is 13.7. The predicted octanol–water partition coefficient (Wildman–Crippen LogP) is 3.25. The van der Waals surface area contributed by atoms with Crippen molar-refractivity contribution in [2.24, 2.45) is 0 Å². The molecule has 1 aliphatic rings. The molecular formula is C19H21FN2O2S. The van der Waals surface area contributed by atoms with Crippen LogP contribution in [-0.4, -0.2) is 49.0 Å². The number of methoxy groups -OCH3 is 1. The Hall–Kier alpha value is -2.18. The second-order valence-corrected chi connectivity index (χ2v) is 6.74. The standard InChI is InChI=1S/C19H21FN2O2S/c1-24-18-4-2-15(12-17(18)20)3-5-19(23)22-9-7-21(8-10-22)13-16-6-11-25-14-16/h2-6,11-12,14H,7-10,13H2,1H3/b5-3+. The zero-order valence-corrected chi connectivity index (χ0v) is 15.0. The minimum Gasteiger partial charge on any atom is -0.494 e. The summed E-state index contributed by atoms with van der Waals surface area (Å²) in [7, 11) is 1.43. The number of hydrogen-bond donors (Lipinski definition) is 0. The molecule has 0 unspecified atom stereocenters. The molecule has 3 rings (SSSR count). The maximum Gasteiger partial charge on any atom is 0.246 e. The van der Waals surface area contributed by atoms with Crippen LogP contribution in [0.25, 0.3) is 6.08 Å². The molecule has 1 fully saturated rings. The highest BCUT2D eigenvalue weighted by molar-refractivity contribution is 7.07. The summed E-state index contributed by atoms with van der Waals surface area (Å²) < 4.78 is 18.6. The number of rotatable bonds is 5. The van der Waals surface area contributed by atoms with E-state index in [0.717, 1.165) is 19.6 Å². The second-order valence-electron chi connectivity index (χ2n) is 5.96. The van der Waals surface area contributed by atoms with Crippen LogP contribution in [0, 0.1) is 5.82 Å². The number of thiophene rings is 1. The fourth-order valence-corrected chi connectivity index (χ4v) is 3.49. The first-order chi connectivity index (χ1) is 12.2. The molecule has 1 aliphatic heterocycles. The molecule has 0 spiro atoms. The van der Waals surface area contributed by atoms with Gasteiger partial charge in [-0.1, -0.05) is 6.07 Å². The Morgan fingerprint density at radius 3 is 2.72 bits per heavy atom. The number of ether oxygens (including phenoxy) is 1. The van der Waals surface area contributed by atoms with Crippen molar-refractivity contribution < 1.29 is 13.9 Å². The van der Waals surface area contributed by atoms with Gasteiger partial charge in [-0.05, 0) is 46.2 Å². The van der Waals surface area contributed by atoms with Crippen molar-refractivity contribution in [2.45, 2.75) is 6.54 Å². The van der Waals surface area contributed by atoms with Crippen LogP contribution in [0.1, 0.15) is 11.1 Å². The Bertz CT molecular complexity index is 738. The monoisotopic (exact) mass is 360 g/mol. The number of halogens is 1. The molecule has 1 saturated heterocycles. The Kier molecular flexibility index (Phi) is 5.83. The smallest absolute Gasteiger partial charge is 0.246 e. The van der Waals surface area contributed by atoms with Crippen molar-refractivity contribution in [3.8, 4) is 5.75 Å². The van der Waals surface area contributed by atoms with E-state index in [1.54, 1.807) is 29.5 Å². The third kappa shape index (κ3) is 4.67. The van der Waals surface area contributed by atoms with Gasteiger partial charge in [0.15, 0.2) is 11.6 Å². The summed E-state index contributed by atoms with van der Waals surface area (Å²) in [5.41, 5.74) is 1.97. The first-order valence-electron chi connectivity index (χ1n) is 8.19. The lowest BCUT2D eigenvalue weighted by molar-refractivity contribution is -0.127. The van der Waals surface area contributed by atoms with Crippen LogP contribution < -0.4 is 4.74 Å². The first-order valence-corrected chi connectivity index (χ1v) is 9.14. The predicted molar refractivity (Wildman–Crippen MR) is 98.2 cm³/mol. The normalized spacial score (nSPS) is 15.7. The molecule has 0 radical (unpaired) electrons. The van der Waals surface area contributed by atoms with E-state index in [4.69, 9.17) is 4.74 Å². The third-order valence-corrected chi connectivity index (χ3v) is 5.00. The largest absolute Gasteiger partial charge is 0.494 e. The van der Waals surface area contributed by atoms with Crippen molar-refractivity contribution >= 4 is 23.3 Å². The molecule has 6 heteroatoms. The Balaban J connectivity index is 1.51. The quantitative estimate of drug-likeness (QED) is 0.768. The van der Waals surface area contributed by atoms with Gasteiger partial charge < -0.3 is 9.64 Å². The van der Waals surface area contributed by atoms with Crippen molar-refractivity contribution in [3.63, 3.8) is 0 Å². The molecule has 1 amide bonds. The SMILES string of the molecule is COc1ccc(/C=C/C(=O)N2CCN(Cc3ccsc3)CC2)cc1F. The van der Waals surface area contributed by atoms with Gasteiger partial charge in [-0.15, -0.1) is 0 Å². The molecule has 2 heterocycles. The molecule has 0 aliphatic carbocycles. The molecule has 4 nitrogen and oxygen atoms in total. The van der Waals surface area contributed by atoms with E-state index >= 15 is 0 Å². The molecule has 2 aromatic rings. The summed E-state index contributed by atoms with van der Waals surface area (Å²) in [6, 6.07) is 6.79. The van der Waals surface area contributed by atoms with Crippen LogP contribution in [0.2, 0.25) is 0 Å². The lowest BCUT2D eigenvalue weighted by atomic mass is 10.2. The van der Waals surface area contributed by atoms with Gasteiger partial charge in [0.1, 0.15) is 0 Å². The number of piperazine rings is 1. The van der Waals surface area contributed by atoms with Crippen LogP contribution in [0.4, 0.5) is 4.39 Å². The Morgan fingerprint density at radius 1 is 1.28 bits per heavy atom. The minimum absolute atomic E-state index is 0.0357. The molecule has 0 saturated carbocycles. The molecule has 1 aromatic carbocycles. The highest BCUT2D eigenvalue weighted by Gasteiger charge is 2.19. The van der Waals surface area contributed by atoms with Crippen molar-refractivity contribution in [1.82, 2.24) is 9.80 Å². The third-order valence-electron chi connectivity index (χ3n) is 4.26. The molecule has 1 aromatic heterocycles. The molecule has 0 N–H and O–H groups in total. The topological polar surface area (TPSA) is 32.8 Å². The number of nitrogens with zero attached hydrogens (tertiary/aromatic N) is 2. The summed E-state index contributed by atoms with van der Waals surface area (Å²) in [6.45, 7) is 4.10. The van der Waals surface area contributed by atoms with Gasteiger partial charge in [0.2, 0.25) is 5.91 Å². The Morgan fingerprint density at radius 2 is 2.08 bits per heavy atom. The first kappa shape index (κ1) is 17.6. The van der Waals surface area contributed by atoms with Crippen LogP contribution >= 0.6 is 11.3 Å². The summed E-state index contributed by atoms with van der Waals surface area (Å²) in [6.07, 6.45) is 3.15. The number of benzene rings is 1. The number of hydrogen-bond acceptors (Lipinski definition) is 4. The van der Waals surface area contributed by atoms with E-state index in [9.17, 15) is 9.18 Å². The number of amides is 1. The van der Waals surface area contributed by atoms with E-state index in [-0.39, 0.29) is 11.7 Å². The van der Waals surface area contributed by atoms with Gasteiger partial charge in [-0.3, -0.25) is 9.69 Å². The number of carbonyl (C=O) groups excluding carboxylic acids is 1. The summed E-state index contributed by atoms with van der Waals surface area (Å²) in [5.74, 6) is -0.268. The highest BCUT2D eigenvalue weighted by atomic mass is 32.1. The maximum absolute atomic E-state index is 13.7. The van der Waals surface area contributed by atoms with E-state index in [1.165, 1.54) is 24.8 Å². The van der Waals surface area contributed by atoms with E-state index in [2.05, 4.69) is 21.7 Å². The average molecular weight is 360 g/mol. The van der Waals surface area contributed by atoms with Gasteiger partial charge in [0.25, 0.3) is 0 Å². The molecule has 132 valence electrons. The van der Waals surface area contributed by atoms with E-state index in [1.807, 2.05) is 4.90 Å². The molecule has 25 heavy (non-hydrogen) atoms. The zero-order valence-electron chi connectivity index (χ0n) is 14.2. The fourth-order valence-electron chi connectivity index (χ4n) is 2.83. The average Bonchev–Trinajstić information content (AvgIpc) is 3.13. The van der Waals surface area contributed by atoms with Crippen LogP contribution in [0.5, 0.6) is 5.75 Å². The van der Waals surface area contributed by atoms with Crippen molar-refractivity contribution in [3.05, 3.63) is 58.0 Å². The molecular weight excluding hydrogens is 339 g/mol. The number of carbonyl (C=O) groups is 1. The summed E-state index contributed by atoms with van der Waals surface area (Å²) >= 11 is 1.71. The van der Waals surface area contributed by atoms with Gasteiger partial charge >= 0.3 is 0 Å². The van der Waals surface area contributed by atoms with E-state index < -0.39 is 5.82 Å². The van der Waals surface area contributed by atoms with Crippen molar-refractivity contribution in [2.75, 3.05) is 33.3 Å². The second kappa shape index (κ2) is 8.27. The lowest BCUT2D eigenvalue weighted by Gasteiger charge is -2.34. The fraction of sp³-hybridized carbons (Fsp3) is 0.316. The van der Waals surface area contributed by atoms with Gasteiger partial charge in [-0.2, -0.15) is 11.3 Å². The summed E-state index contributed by atoms with van der Waals surface area (Å²) in [4.78, 5) is 16.5. The van der Waals surface area contributed by atoms with Gasteiger partial charge in [-0.25, -0.2) is 4.39 Å². The van der Waals surface area contributed by atoms with Gasteiger partial charge in [0, 0.05) is 38.8 Å². The molecule has 0 bridgehead atoms. The summed E-state index contributed by atoms with van der Waals surface area (Å²) in [5, 5.41) is 4.25. The van der Waals surface area contributed by atoms with E-state index in [0.29, 0.717) is 18.7 Å². The minimum atomic E-state index is -0.431. The van der Waals surface area contributed by atoms with Crippen LogP contribution in [-0.2, 0) is 11.3 Å². The van der Waals surface area contributed by atoms with Gasteiger partial charge in [0.05, 0.1) is 7.11 Å². The zero-order chi connectivity index (χ0) is 17.6.